The summed E-state index contributed by atoms with van der Waals surface area (Å²) in [6.45, 7) is 2.91. The summed E-state index contributed by atoms with van der Waals surface area (Å²) < 4.78 is 7.92. The molecule has 0 saturated heterocycles. The number of rotatable bonds is 6. The van der Waals surface area contributed by atoms with Crippen LogP contribution in [0, 0.1) is 0 Å². The lowest BCUT2D eigenvalue weighted by Crippen LogP contribution is -2.09. The standard InChI is InChI=1S/C12H13BrN4O3/c1-2-5-17-11(14-15-16-17)7-20-10-6-8(12(18)19)3-4-9(10)13/h3-4,6H,2,5,7H2,1H3,(H,18,19). The molecule has 2 aromatic rings. The first kappa shape index (κ1) is 14.4. The van der Waals surface area contributed by atoms with Crippen LogP contribution in [0.5, 0.6) is 5.75 Å². The summed E-state index contributed by atoms with van der Waals surface area (Å²) in [7, 11) is 0. The number of tetrazole rings is 1. The lowest BCUT2D eigenvalue weighted by molar-refractivity contribution is 0.0696. The molecule has 0 aliphatic heterocycles. The van der Waals surface area contributed by atoms with Crippen molar-refractivity contribution in [2.24, 2.45) is 0 Å². The van der Waals surface area contributed by atoms with Crippen molar-refractivity contribution >= 4 is 21.9 Å². The van der Waals surface area contributed by atoms with Crippen molar-refractivity contribution < 1.29 is 14.6 Å². The third-order valence-electron chi connectivity index (χ3n) is 2.58. The highest BCUT2D eigenvalue weighted by molar-refractivity contribution is 9.10. The van der Waals surface area contributed by atoms with Crippen molar-refractivity contribution in [3.63, 3.8) is 0 Å². The van der Waals surface area contributed by atoms with Crippen LogP contribution in [0.1, 0.15) is 29.5 Å². The fourth-order valence-electron chi connectivity index (χ4n) is 1.60. The van der Waals surface area contributed by atoms with Crippen LogP contribution in [0.3, 0.4) is 0 Å². The molecule has 0 radical (unpaired) electrons. The first-order chi connectivity index (χ1) is 9.61. The van der Waals surface area contributed by atoms with Gasteiger partial charge in [0.1, 0.15) is 12.4 Å². The molecular weight excluding hydrogens is 328 g/mol. The Morgan fingerprint density at radius 2 is 2.30 bits per heavy atom. The van der Waals surface area contributed by atoms with Crippen LogP contribution in [-0.4, -0.2) is 31.3 Å². The number of aromatic nitrogens is 4. The Labute approximate surface area is 123 Å². The number of aromatic carboxylic acids is 1. The second kappa shape index (κ2) is 6.47. The van der Waals surface area contributed by atoms with E-state index in [1.165, 1.54) is 12.1 Å². The van der Waals surface area contributed by atoms with E-state index in [0.29, 0.717) is 22.6 Å². The van der Waals surface area contributed by atoms with Crippen molar-refractivity contribution in [1.29, 1.82) is 0 Å². The Balaban J connectivity index is 2.12. The van der Waals surface area contributed by atoms with Gasteiger partial charge in [-0.2, -0.15) is 0 Å². The molecule has 7 nitrogen and oxygen atoms in total. The van der Waals surface area contributed by atoms with Gasteiger partial charge in [0.05, 0.1) is 10.0 Å². The third kappa shape index (κ3) is 3.32. The molecule has 20 heavy (non-hydrogen) atoms. The second-order valence-corrected chi connectivity index (χ2v) is 4.91. The summed E-state index contributed by atoms with van der Waals surface area (Å²) in [5.41, 5.74) is 0.163. The molecule has 0 atom stereocenters. The van der Waals surface area contributed by atoms with Crippen LogP contribution < -0.4 is 4.74 Å². The van der Waals surface area contributed by atoms with E-state index < -0.39 is 5.97 Å². The van der Waals surface area contributed by atoms with Crippen LogP contribution in [0.15, 0.2) is 22.7 Å². The van der Waals surface area contributed by atoms with Crippen molar-refractivity contribution in [1.82, 2.24) is 20.2 Å². The van der Waals surface area contributed by atoms with Crippen molar-refractivity contribution in [2.45, 2.75) is 26.5 Å². The summed E-state index contributed by atoms with van der Waals surface area (Å²) in [4.78, 5) is 10.9. The van der Waals surface area contributed by atoms with Crippen LogP contribution in [-0.2, 0) is 13.2 Å². The molecule has 1 heterocycles. The van der Waals surface area contributed by atoms with Crippen LogP contribution >= 0.6 is 15.9 Å². The lowest BCUT2D eigenvalue weighted by Gasteiger charge is -2.08. The fourth-order valence-corrected chi connectivity index (χ4v) is 1.96. The molecule has 0 spiro atoms. The fraction of sp³-hybridized carbons (Fsp3) is 0.333. The minimum atomic E-state index is -1.00. The van der Waals surface area contributed by atoms with Crippen molar-refractivity contribution in [3.05, 3.63) is 34.1 Å². The smallest absolute Gasteiger partial charge is 0.335 e. The third-order valence-corrected chi connectivity index (χ3v) is 3.23. The molecule has 0 fully saturated rings. The summed E-state index contributed by atoms with van der Waals surface area (Å²) in [5, 5.41) is 20.3. The highest BCUT2D eigenvalue weighted by Crippen LogP contribution is 2.26. The molecule has 106 valence electrons. The van der Waals surface area contributed by atoms with Crippen LogP contribution in [0.25, 0.3) is 0 Å². The first-order valence-electron chi connectivity index (χ1n) is 6.02. The van der Waals surface area contributed by atoms with Gasteiger partial charge >= 0.3 is 5.97 Å². The van der Waals surface area contributed by atoms with Crippen LogP contribution in [0.4, 0.5) is 0 Å². The number of benzene rings is 1. The number of hydrogen-bond donors (Lipinski definition) is 1. The second-order valence-electron chi connectivity index (χ2n) is 4.06. The molecule has 0 aliphatic rings. The van der Waals surface area contributed by atoms with Gasteiger partial charge in [-0.25, -0.2) is 9.48 Å². The number of aryl methyl sites for hydroxylation is 1. The largest absolute Gasteiger partial charge is 0.484 e. The van der Waals surface area contributed by atoms with E-state index in [-0.39, 0.29) is 12.2 Å². The zero-order valence-electron chi connectivity index (χ0n) is 10.8. The number of ether oxygens (including phenoxy) is 1. The van der Waals surface area contributed by atoms with E-state index in [9.17, 15) is 4.79 Å². The molecule has 8 heteroatoms. The number of carboxylic acid groups (broad SMARTS) is 1. The molecule has 2 rings (SSSR count). The van der Waals surface area contributed by atoms with Gasteiger partial charge in [-0.1, -0.05) is 6.92 Å². The minimum Gasteiger partial charge on any atom is -0.484 e. The van der Waals surface area contributed by atoms with E-state index in [2.05, 4.69) is 31.5 Å². The number of nitrogens with zero attached hydrogens (tertiary/aromatic N) is 4. The molecule has 1 N–H and O–H groups in total. The van der Waals surface area contributed by atoms with Gasteiger partial charge in [0.15, 0.2) is 5.82 Å². The predicted octanol–water partition coefficient (Wildman–Crippen LogP) is 2.12. The average molecular weight is 341 g/mol. The molecule has 0 bridgehead atoms. The monoisotopic (exact) mass is 340 g/mol. The Kier molecular flexibility index (Phi) is 4.67. The summed E-state index contributed by atoms with van der Waals surface area (Å²) in [5.74, 6) is 0.0357. The number of hydrogen-bond acceptors (Lipinski definition) is 5. The maximum Gasteiger partial charge on any atom is 0.335 e. The summed E-state index contributed by atoms with van der Waals surface area (Å²) in [6.07, 6.45) is 0.913. The minimum absolute atomic E-state index is 0.163. The van der Waals surface area contributed by atoms with E-state index in [0.717, 1.165) is 6.42 Å². The zero-order valence-corrected chi connectivity index (χ0v) is 12.4. The van der Waals surface area contributed by atoms with Gasteiger partial charge in [0.2, 0.25) is 0 Å². The predicted molar refractivity (Wildman–Crippen MR) is 73.5 cm³/mol. The van der Waals surface area contributed by atoms with E-state index in [4.69, 9.17) is 9.84 Å². The zero-order chi connectivity index (χ0) is 14.5. The van der Waals surface area contributed by atoms with Crippen LogP contribution in [0.2, 0.25) is 0 Å². The van der Waals surface area contributed by atoms with Gasteiger partial charge in [0.25, 0.3) is 0 Å². The quantitative estimate of drug-likeness (QED) is 0.866. The van der Waals surface area contributed by atoms with Gasteiger partial charge in [-0.15, -0.1) is 5.10 Å². The first-order valence-corrected chi connectivity index (χ1v) is 6.81. The summed E-state index contributed by atoms with van der Waals surface area (Å²) >= 11 is 3.32. The van der Waals surface area contributed by atoms with Gasteiger partial charge in [-0.05, 0) is 51.0 Å². The van der Waals surface area contributed by atoms with E-state index >= 15 is 0 Å². The summed E-state index contributed by atoms with van der Waals surface area (Å²) in [6, 6.07) is 4.59. The molecule has 1 aromatic carbocycles. The van der Waals surface area contributed by atoms with Gasteiger partial charge in [0, 0.05) is 6.54 Å². The number of carboxylic acids is 1. The Bertz CT molecular complexity index is 614. The van der Waals surface area contributed by atoms with Gasteiger partial charge < -0.3 is 9.84 Å². The molecule has 1 aromatic heterocycles. The maximum atomic E-state index is 10.9. The molecule has 0 unspecified atom stereocenters. The highest BCUT2D eigenvalue weighted by atomic mass is 79.9. The van der Waals surface area contributed by atoms with E-state index in [1.54, 1.807) is 10.7 Å². The molecule has 0 saturated carbocycles. The average Bonchev–Trinajstić information content (AvgIpc) is 2.85. The molecule has 0 aliphatic carbocycles. The number of carbonyl (C=O) groups is 1. The molecule has 0 amide bonds. The van der Waals surface area contributed by atoms with Crippen molar-refractivity contribution in [3.8, 4) is 5.75 Å². The lowest BCUT2D eigenvalue weighted by atomic mass is 10.2. The Hall–Kier alpha value is -1.96. The Morgan fingerprint density at radius 3 is 3.00 bits per heavy atom. The maximum absolute atomic E-state index is 10.9. The number of halogens is 1. The Morgan fingerprint density at radius 1 is 1.50 bits per heavy atom. The van der Waals surface area contributed by atoms with Gasteiger partial charge in [-0.3, -0.25) is 0 Å². The highest BCUT2D eigenvalue weighted by Gasteiger charge is 2.10. The SMILES string of the molecule is CCCn1nnnc1COc1cc(C(=O)O)ccc1Br. The normalized spacial score (nSPS) is 10.5. The van der Waals surface area contributed by atoms with E-state index in [1.807, 2.05) is 6.92 Å². The topological polar surface area (TPSA) is 90.1 Å². The van der Waals surface area contributed by atoms with Crippen molar-refractivity contribution in [2.75, 3.05) is 0 Å². The molecular formula is C12H13BrN4O3.